The third-order valence-corrected chi connectivity index (χ3v) is 2.53. The molecule has 2 N–H and O–H groups in total. The third-order valence-electron chi connectivity index (χ3n) is 2.53. The number of aromatic amines is 1. The van der Waals surface area contributed by atoms with Gasteiger partial charge in [0.2, 0.25) is 5.78 Å². The summed E-state index contributed by atoms with van der Waals surface area (Å²) < 4.78 is 1.80. The lowest BCUT2D eigenvalue weighted by molar-refractivity contribution is -0.134. The van der Waals surface area contributed by atoms with Crippen molar-refractivity contribution in [3.8, 4) is 11.4 Å². The smallest absolute Gasteiger partial charge is 0.300 e. The molecule has 0 aliphatic rings. The van der Waals surface area contributed by atoms with E-state index in [1.54, 1.807) is 16.8 Å². The topological polar surface area (TPSA) is 113 Å². The second kappa shape index (κ2) is 5.95. The predicted octanol–water partition coefficient (Wildman–Crippen LogP) is 0.879. The number of hydrogen-bond acceptors (Lipinski definition) is 5. The predicted molar refractivity (Wildman–Crippen MR) is 74.9 cm³/mol. The van der Waals surface area contributed by atoms with E-state index in [0.717, 1.165) is 18.2 Å². The van der Waals surface area contributed by atoms with Crippen LogP contribution in [0, 0.1) is 6.92 Å². The number of nitrogens with zero attached hydrogens (tertiary/aromatic N) is 4. The molecule has 3 aromatic rings. The summed E-state index contributed by atoms with van der Waals surface area (Å²) in [6.07, 6.45) is 3.38. The van der Waals surface area contributed by atoms with Crippen molar-refractivity contribution in [3.05, 3.63) is 46.6 Å². The molecule has 3 heterocycles. The molecule has 108 valence electrons. The van der Waals surface area contributed by atoms with Crippen molar-refractivity contribution >= 4 is 11.7 Å². The van der Waals surface area contributed by atoms with E-state index in [9.17, 15) is 4.79 Å². The lowest BCUT2D eigenvalue weighted by Gasteiger charge is -2.02. The summed E-state index contributed by atoms with van der Waals surface area (Å²) in [4.78, 5) is 26.9. The number of aryl methyl sites for hydroxylation is 1. The van der Waals surface area contributed by atoms with Gasteiger partial charge in [-0.05, 0) is 19.1 Å². The molecule has 0 saturated heterocycles. The molecule has 3 rings (SSSR count). The molecule has 0 aliphatic carbocycles. The third kappa shape index (κ3) is 3.30. The molecule has 8 nitrogen and oxygen atoms in total. The van der Waals surface area contributed by atoms with Crippen LogP contribution in [0.5, 0.6) is 0 Å². The van der Waals surface area contributed by atoms with E-state index >= 15 is 0 Å². The first-order chi connectivity index (χ1) is 9.99. The molecule has 0 unspecified atom stereocenters. The first-order valence-corrected chi connectivity index (χ1v) is 6.04. The van der Waals surface area contributed by atoms with E-state index in [0.29, 0.717) is 11.6 Å². The SMILES string of the molecule is CC(=O)O.Cc1cc(=O)[nH]c2nnc(-c3ccncc3)n12. The average molecular weight is 287 g/mol. The highest BCUT2D eigenvalue weighted by Gasteiger charge is 2.10. The number of aliphatic carboxylic acids is 1. The van der Waals surface area contributed by atoms with Crippen LogP contribution in [-0.2, 0) is 4.79 Å². The Morgan fingerprint density at radius 1 is 1.29 bits per heavy atom. The minimum atomic E-state index is -0.833. The number of nitrogens with one attached hydrogen (secondary N) is 1. The Kier molecular flexibility index (Phi) is 4.07. The van der Waals surface area contributed by atoms with Crippen molar-refractivity contribution in [1.29, 1.82) is 0 Å². The summed E-state index contributed by atoms with van der Waals surface area (Å²) >= 11 is 0. The molecule has 0 spiro atoms. The van der Waals surface area contributed by atoms with Gasteiger partial charge in [0.15, 0.2) is 5.82 Å². The van der Waals surface area contributed by atoms with Crippen LogP contribution in [0.1, 0.15) is 12.6 Å². The molecule has 8 heteroatoms. The summed E-state index contributed by atoms with van der Waals surface area (Å²) in [7, 11) is 0. The molecule has 3 aromatic heterocycles. The van der Waals surface area contributed by atoms with Crippen LogP contribution in [0.2, 0.25) is 0 Å². The van der Waals surface area contributed by atoms with Crippen LogP contribution in [0.4, 0.5) is 0 Å². The van der Waals surface area contributed by atoms with E-state index in [-0.39, 0.29) is 5.56 Å². The molecule has 0 fully saturated rings. The molecular weight excluding hydrogens is 274 g/mol. The largest absolute Gasteiger partial charge is 0.481 e. The molecule has 0 aromatic carbocycles. The van der Waals surface area contributed by atoms with Crippen molar-refractivity contribution in [2.75, 3.05) is 0 Å². The lowest BCUT2D eigenvalue weighted by atomic mass is 10.2. The molecule has 21 heavy (non-hydrogen) atoms. The maximum absolute atomic E-state index is 11.3. The van der Waals surface area contributed by atoms with Crippen molar-refractivity contribution in [2.24, 2.45) is 0 Å². The molecular formula is C13H13N5O3. The maximum atomic E-state index is 11.3. The second-order valence-corrected chi connectivity index (χ2v) is 4.21. The summed E-state index contributed by atoms with van der Waals surface area (Å²) in [6, 6.07) is 5.21. The van der Waals surface area contributed by atoms with E-state index in [1.807, 2.05) is 19.1 Å². The zero-order valence-corrected chi connectivity index (χ0v) is 11.4. The van der Waals surface area contributed by atoms with Crippen LogP contribution in [0.25, 0.3) is 17.2 Å². The number of H-pyrrole nitrogens is 1. The van der Waals surface area contributed by atoms with Crippen LogP contribution in [-0.4, -0.2) is 35.6 Å². The van der Waals surface area contributed by atoms with Gasteiger partial charge in [0.25, 0.3) is 11.5 Å². The zero-order chi connectivity index (χ0) is 15.4. The number of aromatic nitrogens is 5. The van der Waals surface area contributed by atoms with Crippen molar-refractivity contribution in [3.63, 3.8) is 0 Å². The minimum absolute atomic E-state index is 0.177. The highest BCUT2D eigenvalue weighted by atomic mass is 16.4. The summed E-state index contributed by atoms with van der Waals surface area (Å²) in [5.74, 6) is 0.304. The first-order valence-electron chi connectivity index (χ1n) is 6.04. The van der Waals surface area contributed by atoms with E-state index < -0.39 is 5.97 Å². The standard InChI is InChI=1S/C11H9N5O.C2H4O2/c1-7-6-9(17)13-11-15-14-10(16(7)11)8-2-4-12-5-3-8;1-2(3)4/h2-6H,1H3,(H,13,15,17);1H3,(H,3,4). The average Bonchev–Trinajstić information content (AvgIpc) is 2.83. The molecule has 0 aliphatic heterocycles. The Bertz CT molecular complexity index is 819. The Morgan fingerprint density at radius 3 is 2.52 bits per heavy atom. The molecule has 0 amide bonds. The molecule has 0 saturated carbocycles. The van der Waals surface area contributed by atoms with Gasteiger partial charge in [0.05, 0.1) is 0 Å². The van der Waals surface area contributed by atoms with Gasteiger partial charge in [0, 0.05) is 36.6 Å². The minimum Gasteiger partial charge on any atom is -0.481 e. The summed E-state index contributed by atoms with van der Waals surface area (Å²) in [5.41, 5.74) is 1.52. The Labute approximate surface area is 119 Å². The number of carbonyl (C=O) groups is 1. The molecule has 0 atom stereocenters. The number of carboxylic acids is 1. The molecule has 0 radical (unpaired) electrons. The van der Waals surface area contributed by atoms with Gasteiger partial charge >= 0.3 is 0 Å². The monoisotopic (exact) mass is 287 g/mol. The van der Waals surface area contributed by atoms with Gasteiger partial charge in [-0.3, -0.25) is 24.0 Å². The highest BCUT2D eigenvalue weighted by Crippen LogP contribution is 2.16. The highest BCUT2D eigenvalue weighted by molar-refractivity contribution is 5.63. The van der Waals surface area contributed by atoms with E-state index in [2.05, 4.69) is 20.2 Å². The number of fused-ring (bicyclic) bond motifs is 1. The fraction of sp³-hybridized carbons (Fsp3) is 0.154. The van der Waals surface area contributed by atoms with Crippen LogP contribution in [0.3, 0.4) is 0 Å². The van der Waals surface area contributed by atoms with Crippen LogP contribution in [0.15, 0.2) is 35.4 Å². The Hall–Kier alpha value is -3.03. The van der Waals surface area contributed by atoms with Gasteiger partial charge in [-0.2, -0.15) is 0 Å². The summed E-state index contributed by atoms with van der Waals surface area (Å²) in [6.45, 7) is 2.93. The van der Waals surface area contributed by atoms with Gasteiger partial charge < -0.3 is 5.11 Å². The number of carboxylic acid groups (broad SMARTS) is 1. The van der Waals surface area contributed by atoms with Gasteiger partial charge in [-0.1, -0.05) is 0 Å². The number of rotatable bonds is 1. The van der Waals surface area contributed by atoms with Crippen LogP contribution >= 0.6 is 0 Å². The van der Waals surface area contributed by atoms with Crippen molar-refractivity contribution in [2.45, 2.75) is 13.8 Å². The number of hydrogen-bond donors (Lipinski definition) is 2. The first kappa shape index (κ1) is 14.4. The second-order valence-electron chi connectivity index (χ2n) is 4.21. The van der Waals surface area contributed by atoms with Gasteiger partial charge in [-0.15, -0.1) is 10.2 Å². The fourth-order valence-corrected chi connectivity index (χ4v) is 1.79. The number of pyridine rings is 1. The fourth-order valence-electron chi connectivity index (χ4n) is 1.79. The quantitative estimate of drug-likeness (QED) is 0.686. The lowest BCUT2D eigenvalue weighted by Crippen LogP contribution is -2.09. The van der Waals surface area contributed by atoms with Gasteiger partial charge in [-0.25, -0.2) is 0 Å². The van der Waals surface area contributed by atoms with E-state index in [1.165, 1.54) is 6.07 Å². The van der Waals surface area contributed by atoms with Crippen molar-refractivity contribution < 1.29 is 9.90 Å². The van der Waals surface area contributed by atoms with Crippen molar-refractivity contribution in [1.82, 2.24) is 24.6 Å². The Morgan fingerprint density at radius 2 is 1.90 bits per heavy atom. The molecule has 0 bridgehead atoms. The van der Waals surface area contributed by atoms with Gasteiger partial charge in [0.1, 0.15) is 0 Å². The normalized spacial score (nSPS) is 10.0. The van der Waals surface area contributed by atoms with Crippen LogP contribution < -0.4 is 5.56 Å². The van der Waals surface area contributed by atoms with E-state index in [4.69, 9.17) is 9.90 Å². The summed E-state index contributed by atoms with van der Waals surface area (Å²) in [5, 5.41) is 15.5. The Balaban J connectivity index is 0.000000361. The zero-order valence-electron chi connectivity index (χ0n) is 11.4. The maximum Gasteiger partial charge on any atom is 0.300 e.